The molecule has 0 atom stereocenters. The van der Waals surface area contributed by atoms with Gasteiger partial charge in [0.2, 0.25) is 0 Å². The van der Waals surface area contributed by atoms with Gasteiger partial charge in [-0.2, -0.15) is 5.26 Å². The van der Waals surface area contributed by atoms with Crippen LogP contribution in [0.1, 0.15) is 16.9 Å². The maximum atomic E-state index is 8.57. The Bertz CT molecular complexity index is 295. The number of halogens is 1. The van der Waals surface area contributed by atoms with Gasteiger partial charge in [-0.1, -0.05) is 0 Å². The van der Waals surface area contributed by atoms with E-state index in [1.54, 1.807) is 0 Å². The predicted molar refractivity (Wildman–Crippen MR) is 40.6 cm³/mol. The minimum atomic E-state index is 0.532. The summed E-state index contributed by atoms with van der Waals surface area (Å²) in [5, 5.41) is 8.57. The first-order chi connectivity index (χ1) is 4.66. The number of nitriles is 1. The summed E-state index contributed by atoms with van der Waals surface area (Å²) in [5.74, 6) is 0.795. The molecule has 52 valence electrons. The van der Waals surface area contributed by atoms with Crippen molar-refractivity contribution in [3.8, 4) is 6.07 Å². The minimum Gasteiger partial charge on any atom is -0.453 e. The van der Waals surface area contributed by atoms with Gasteiger partial charge in [-0.15, -0.1) is 0 Å². The fraction of sp³-hybridized carbons (Fsp3) is 0.286. The molecule has 1 rings (SSSR count). The van der Waals surface area contributed by atoms with Crippen LogP contribution in [0.4, 0.5) is 0 Å². The molecule has 0 saturated carbocycles. The molecule has 1 aromatic heterocycles. The molecule has 0 aliphatic heterocycles. The second kappa shape index (κ2) is 2.47. The Morgan fingerprint density at radius 3 is 2.30 bits per heavy atom. The third-order valence-electron chi connectivity index (χ3n) is 1.45. The third kappa shape index (κ3) is 0.952. The maximum Gasteiger partial charge on any atom is 0.187 e. The van der Waals surface area contributed by atoms with E-state index in [1.807, 2.05) is 19.9 Å². The lowest BCUT2D eigenvalue weighted by Gasteiger charge is -1.81. The summed E-state index contributed by atoms with van der Waals surface area (Å²) in [6, 6.07) is 2.04. The Kier molecular flexibility index (Phi) is 1.82. The molecule has 0 unspecified atom stereocenters. The van der Waals surface area contributed by atoms with E-state index in [1.165, 1.54) is 0 Å². The zero-order chi connectivity index (χ0) is 7.72. The normalized spacial score (nSPS) is 9.40. The van der Waals surface area contributed by atoms with Crippen molar-refractivity contribution in [3.63, 3.8) is 0 Å². The highest BCUT2D eigenvalue weighted by molar-refractivity contribution is 9.10. The lowest BCUT2D eigenvalue weighted by Crippen LogP contribution is -1.74. The highest BCUT2D eigenvalue weighted by Crippen LogP contribution is 2.24. The Hall–Kier alpha value is -0.750. The monoisotopic (exact) mass is 199 g/mol. The molecule has 0 spiro atoms. The molecule has 0 aliphatic rings. The number of hydrogen-bond donors (Lipinski definition) is 0. The van der Waals surface area contributed by atoms with Gasteiger partial charge >= 0.3 is 0 Å². The predicted octanol–water partition coefficient (Wildman–Crippen LogP) is 2.53. The van der Waals surface area contributed by atoms with E-state index < -0.39 is 0 Å². The number of rotatable bonds is 0. The molecule has 10 heavy (non-hydrogen) atoms. The molecule has 1 aromatic rings. The average molecular weight is 200 g/mol. The van der Waals surface area contributed by atoms with Gasteiger partial charge in [-0.3, -0.25) is 0 Å². The first-order valence-corrected chi connectivity index (χ1v) is 3.61. The van der Waals surface area contributed by atoms with Crippen LogP contribution >= 0.6 is 15.9 Å². The number of furan rings is 1. The van der Waals surface area contributed by atoms with Crippen molar-refractivity contribution in [2.24, 2.45) is 0 Å². The van der Waals surface area contributed by atoms with Gasteiger partial charge in [0.15, 0.2) is 4.67 Å². The second-order valence-corrected chi connectivity index (χ2v) is 2.76. The Morgan fingerprint density at radius 2 is 2.10 bits per heavy atom. The highest BCUT2D eigenvalue weighted by atomic mass is 79.9. The highest BCUT2D eigenvalue weighted by Gasteiger charge is 2.10. The van der Waals surface area contributed by atoms with Gasteiger partial charge in [0, 0.05) is 5.56 Å². The molecule has 0 aliphatic carbocycles. The number of aryl methyl sites for hydroxylation is 1. The van der Waals surface area contributed by atoms with E-state index >= 15 is 0 Å². The second-order valence-electron chi connectivity index (χ2n) is 2.04. The molecule has 0 saturated heterocycles. The van der Waals surface area contributed by atoms with Crippen molar-refractivity contribution in [3.05, 3.63) is 21.6 Å². The van der Waals surface area contributed by atoms with Crippen LogP contribution in [0.5, 0.6) is 0 Å². The third-order valence-corrected chi connectivity index (χ3v) is 2.01. The minimum absolute atomic E-state index is 0.532. The number of hydrogen-bond acceptors (Lipinski definition) is 2. The largest absolute Gasteiger partial charge is 0.453 e. The van der Waals surface area contributed by atoms with Crippen molar-refractivity contribution in [2.45, 2.75) is 13.8 Å². The van der Waals surface area contributed by atoms with Gasteiger partial charge in [-0.25, -0.2) is 0 Å². The number of nitrogens with zero attached hydrogens (tertiary/aromatic N) is 1. The zero-order valence-corrected chi connectivity index (χ0v) is 7.32. The maximum absolute atomic E-state index is 8.57. The van der Waals surface area contributed by atoms with Crippen LogP contribution in [0.3, 0.4) is 0 Å². The summed E-state index contributed by atoms with van der Waals surface area (Å²) in [5.41, 5.74) is 1.51. The van der Waals surface area contributed by atoms with Crippen LogP contribution in [-0.2, 0) is 0 Å². The fourth-order valence-corrected chi connectivity index (χ4v) is 1.34. The molecule has 3 heteroatoms. The Balaban J connectivity index is 3.37. The molecule has 0 amide bonds. The summed E-state index contributed by atoms with van der Waals surface area (Å²) >= 11 is 3.14. The SMILES string of the molecule is Cc1oc(Br)c(C#N)c1C. The standard InChI is InChI=1S/C7H6BrNO/c1-4-5(2)10-7(8)6(4)3-9/h1-2H3. The molecule has 0 N–H and O–H groups in total. The first kappa shape index (κ1) is 7.36. The molecule has 2 nitrogen and oxygen atoms in total. The van der Waals surface area contributed by atoms with Gasteiger partial charge in [-0.05, 0) is 29.8 Å². The summed E-state index contributed by atoms with van der Waals surface area (Å²) in [7, 11) is 0. The first-order valence-electron chi connectivity index (χ1n) is 2.82. The Labute approximate surface area is 67.6 Å². The molecule has 1 heterocycles. The van der Waals surface area contributed by atoms with E-state index in [4.69, 9.17) is 9.68 Å². The van der Waals surface area contributed by atoms with Crippen molar-refractivity contribution in [1.82, 2.24) is 0 Å². The zero-order valence-electron chi connectivity index (χ0n) is 5.73. The fourth-order valence-electron chi connectivity index (χ4n) is 0.713. The van der Waals surface area contributed by atoms with Crippen LogP contribution in [0, 0.1) is 25.2 Å². The van der Waals surface area contributed by atoms with Crippen LogP contribution in [0.2, 0.25) is 0 Å². The van der Waals surface area contributed by atoms with E-state index in [9.17, 15) is 0 Å². The molecule has 0 fully saturated rings. The molecular formula is C7H6BrNO. The quantitative estimate of drug-likeness (QED) is 0.645. The van der Waals surface area contributed by atoms with Gasteiger partial charge < -0.3 is 4.42 Å². The van der Waals surface area contributed by atoms with Crippen LogP contribution in [0.25, 0.3) is 0 Å². The summed E-state index contributed by atoms with van der Waals surface area (Å²) in [4.78, 5) is 0. The van der Waals surface area contributed by atoms with E-state index in [0.717, 1.165) is 11.3 Å². The molecule has 0 aromatic carbocycles. The van der Waals surface area contributed by atoms with Gasteiger partial charge in [0.25, 0.3) is 0 Å². The van der Waals surface area contributed by atoms with Crippen molar-refractivity contribution in [1.29, 1.82) is 5.26 Å². The van der Waals surface area contributed by atoms with Crippen molar-refractivity contribution < 1.29 is 4.42 Å². The van der Waals surface area contributed by atoms with Crippen LogP contribution in [-0.4, -0.2) is 0 Å². The lowest BCUT2D eigenvalue weighted by molar-refractivity contribution is 0.507. The average Bonchev–Trinajstić information content (AvgIpc) is 2.09. The summed E-state index contributed by atoms with van der Waals surface area (Å²) < 4.78 is 5.66. The van der Waals surface area contributed by atoms with Gasteiger partial charge in [0.05, 0.1) is 0 Å². The van der Waals surface area contributed by atoms with Crippen molar-refractivity contribution >= 4 is 15.9 Å². The summed E-state index contributed by atoms with van der Waals surface area (Å²) in [6.45, 7) is 3.70. The van der Waals surface area contributed by atoms with Gasteiger partial charge in [0.1, 0.15) is 17.4 Å². The lowest BCUT2D eigenvalue weighted by atomic mass is 10.2. The molecule has 0 radical (unpaired) electrons. The summed E-state index contributed by atoms with van der Waals surface area (Å²) in [6.07, 6.45) is 0. The van der Waals surface area contributed by atoms with Crippen LogP contribution in [0.15, 0.2) is 9.09 Å². The van der Waals surface area contributed by atoms with E-state index in [2.05, 4.69) is 15.9 Å². The van der Waals surface area contributed by atoms with E-state index in [-0.39, 0.29) is 0 Å². The smallest absolute Gasteiger partial charge is 0.187 e. The van der Waals surface area contributed by atoms with Crippen LogP contribution < -0.4 is 0 Å². The van der Waals surface area contributed by atoms with E-state index in [0.29, 0.717) is 10.2 Å². The van der Waals surface area contributed by atoms with Crippen molar-refractivity contribution in [2.75, 3.05) is 0 Å². The Morgan fingerprint density at radius 1 is 1.50 bits per heavy atom. The topological polar surface area (TPSA) is 36.9 Å². The molecule has 0 bridgehead atoms. The molecular weight excluding hydrogens is 194 g/mol.